The minimum Gasteiger partial charge on any atom is -0.383 e. The number of halogens is 4. The van der Waals surface area contributed by atoms with Gasteiger partial charge < -0.3 is 5.11 Å². The number of hydrogen-bond acceptors (Lipinski definition) is 3. The van der Waals surface area contributed by atoms with Gasteiger partial charge in [0.25, 0.3) is 0 Å². The predicted octanol–water partition coefficient (Wildman–Crippen LogP) is 3.44. The number of nitrogens with zero attached hydrogens (tertiary/aromatic N) is 3. The molecule has 21 heavy (non-hydrogen) atoms. The summed E-state index contributed by atoms with van der Waals surface area (Å²) in [6.45, 7) is 2.67. The molecule has 1 unspecified atom stereocenters. The van der Waals surface area contributed by atoms with E-state index in [-0.39, 0.29) is 10.7 Å². The molecule has 1 N–H and O–H groups in total. The van der Waals surface area contributed by atoms with Crippen LogP contribution in [-0.4, -0.2) is 19.9 Å². The molecule has 114 valence electrons. The molecule has 1 atom stereocenters. The Kier molecular flexibility index (Phi) is 4.53. The zero-order valence-electron chi connectivity index (χ0n) is 11.1. The van der Waals surface area contributed by atoms with Crippen LogP contribution < -0.4 is 0 Å². The minimum atomic E-state index is -4.57. The molecule has 0 amide bonds. The molecule has 0 bridgehead atoms. The largest absolute Gasteiger partial charge is 0.433 e. The van der Waals surface area contributed by atoms with Crippen LogP contribution in [0.5, 0.6) is 0 Å². The Morgan fingerprint density at radius 1 is 1.38 bits per heavy atom. The van der Waals surface area contributed by atoms with Crippen molar-refractivity contribution in [2.45, 2.75) is 32.2 Å². The highest BCUT2D eigenvalue weighted by molar-refractivity contribution is 6.30. The lowest BCUT2D eigenvalue weighted by Gasteiger charge is -2.12. The molecule has 0 aliphatic rings. The molecule has 0 saturated heterocycles. The molecule has 2 aromatic heterocycles. The van der Waals surface area contributed by atoms with Gasteiger partial charge in [0, 0.05) is 23.9 Å². The normalized spacial score (nSPS) is 13.4. The summed E-state index contributed by atoms with van der Waals surface area (Å²) in [6.07, 6.45) is -1.78. The molecular formula is C13H13ClF3N3O. The first-order valence-electron chi connectivity index (χ1n) is 6.27. The number of rotatable bonds is 4. The van der Waals surface area contributed by atoms with E-state index < -0.39 is 18.0 Å². The molecule has 0 radical (unpaired) electrons. The Balaban J connectivity index is 2.28. The van der Waals surface area contributed by atoms with Gasteiger partial charge in [-0.1, -0.05) is 24.6 Å². The van der Waals surface area contributed by atoms with Gasteiger partial charge in [0.05, 0.1) is 6.20 Å². The van der Waals surface area contributed by atoms with Crippen molar-refractivity contribution in [3.05, 3.63) is 46.5 Å². The number of aliphatic hydroxyl groups excluding tert-OH is 1. The Bertz CT molecular complexity index is 627. The number of aryl methyl sites for hydroxylation is 1. The van der Waals surface area contributed by atoms with Gasteiger partial charge in [-0.15, -0.1) is 0 Å². The Hall–Kier alpha value is -1.60. The lowest BCUT2D eigenvalue weighted by Crippen LogP contribution is -2.10. The van der Waals surface area contributed by atoms with Crippen molar-refractivity contribution in [2.75, 3.05) is 0 Å². The monoisotopic (exact) mass is 319 g/mol. The third-order valence-electron chi connectivity index (χ3n) is 2.88. The predicted molar refractivity (Wildman–Crippen MR) is 70.8 cm³/mol. The molecule has 0 aliphatic heterocycles. The van der Waals surface area contributed by atoms with Crippen LogP contribution in [0.2, 0.25) is 5.15 Å². The van der Waals surface area contributed by atoms with Gasteiger partial charge in [-0.25, -0.2) is 4.98 Å². The molecule has 0 saturated carbocycles. The zero-order valence-corrected chi connectivity index (χ0v) is 11.9. The maximum Gasteiger partial charge on any atom is 0.433 e. The highest BCUT2D eigenvalue weighted by Crippen LogP contribution is 2.32. The Morgan fingerprint density at radius 3 is 2.67 bits per heavy atom. The fourth-order valence-electron chi connectivity index (χ4n) is 1.86. The van der Waals surface area contributed by atoms with E-state index in [0.717, 1.165) is 18.6 Å². The molecule has 2 aromatic rings. The van der Waals surface area contributed by atoms with Crippen molar-refractivity contribution in [3.8, 4) is 0 Å². The molecule has 0 fully saturated rings. The van der Waals surface area contributed by atoms with Gasteiger partial charge >= 0.3 is 6.18 Å². The summed E-state index contributed by atoms with van der Waals surface area (Å²) in [4.78, 5) is 3.29. The van der Waals surface area contributed by atoms with E-state index in [4.69, 9.17) is 11.6 Å². The molecular weight excluding hydrogens is 307 g/mol. The second kappa shape index (κ2) is 6.03. The molecule has 8 heteroatoms. The smallest absolute Gasteiger partial charge is 0.383 e. The van der Waals surface area contributed by atoms with Gasteiger partial charge in [-0.2, -0.15) is 18.3 Å². The summed E-state index contributed by atoms with van der Waals surface area (Å²) in [5.74, 6) is 0. The summed E-state index contributed by atoms with van der Waals surface area (Å²) in [5.41, 5.74) is -0.530. The topological polar surface area (TPSA) is 50.9 Å². The lowest BCUT2D eigenvalue weighted by molar-refractivity contribution is -0.141. The first-order chi connectivity index (χ1) is 9.82. The van der Waals surface area contributed by atoms with Gasteiger partial charge in [-0.05, 0) is 12.5 Å². The van der Waals surface area contributed by atoms with Crippen LogP contribution in [0.15, 0.2) is 24.5 Å². The van der Waals surface area contributed by atoms with Crippen molar-refractivity contribution in [1.29, 1.82) is 0 Å². The second-order valence-corrected chi connectivity index (χ2v) is 4.87. The lowest BCUT2D eigenvalue weighted by atomic mass is 10.1. The zero-order chi connectivity index (χ0) is 15.6. The standard InChI is InChI=1S/C13H13ClF3N3O/c1-2-5-20-7-8(6-18-20)11(21)9-3-4-10(13(15,16)17)19-12(9)14/h3-4,6-7,11,21H,2,5H2,1H3. The number of hydrogen-bond donors (Lipinski definition) is 1. The van der Waals surface area contributed by atoms with Crippen molar-refractivity contribution < 1.29 is 18.3 Å². The molecule has 2 heterocycles. The third-order valence-corrected chi connectivity index (χ3v) is 3.19. The van der Waals surface area contributed by atoms with Gasteiger partial charge in [-0.3, -0.25) is 4.68 Å². The Labute approximate surface area is 124 Å². The second-order valence-electron chi connectivity index (χ2n) is 4.51. The summed E-state index contributed by atoms with van der Waals surface area (Å²) in [5, 5.41) is 13.9. The van der Waals surface area contributed by atoms with E-state index in [0.29, 0.717) is 12.1 Å². The summed E-state index contributed by atoms with van der Waals surface area (Å²) in [7, 11) is 0. The van der Waals surface area contributed by atoms with E-state index in [2.05, 4.69) is 10.1 Å². The molecule has 0 spiro atoms. The van der Waals surface area contributed by atoms with Crippen molar-refractivity contribution in [3.63, 3.8) is 0 Å². The SMILES string of the molecule is CCCn1cc(C(O)c2ccc(C(F)(F)F)nc2Cl)cn1. The van der Waals surface area contributed by atoms with Crippen LogP contribution in [-0.2, 0) is 12.7 Å². The maximum atomic E-state index is 12.5. The van der Waals surface area contributed by atoms with Crippen LogP contribution in [0, 0.1) is 0 Å². The first-order valence-corrected chi connectivity index (χ1v) is 6.64. The highest BCUT2D eigenvalue weighted by atomic mass is 35.5. The van der Waals surface area contributed by atoms with Gasteiger partial charge in [0.2, 0.25) is 0 Å². The van der Waals surface area contributed by atoms with Crippen LogP contribution in [0.25, 0.3) is 0 Å². The number of aromatic nitrogens is 3. The molecule has 4 nitrogen and oxygen atoms in total. The number of pyridine rings is 1. The first kappa shape index (κ1) is 15.8. The number of alkyl halides is 3. The van der Waals surface area contributed by atoms with Crippen molar-refractivity contribution in [1.82, 2.24) is 14.8 Å². The molecule has 2 rings (SSSR count). The summed E-state index contributed by atoms with van der Waals surface area (Å²) in [6, 6.07) is 1.92. The van der Waals surface area contributed by atoms with E-state index >= 15 is 0 Å². The Morgan fingerprint density at radius 2 is 2.10 bits per heavy atom. The van der Waals surface area contributed by atoms with Crippen LogP contribution in [0.1, 0.15) is 36.3 Å². The summed E-state index contributed by atoms with van der Waals surface area (Å²) >= 11 is 5.75. The van der Waals surface area contributed by atoms with E-state index in [1.807, 2.05) is 6.92 Å². The van der Waals surface area contributed by atoms with Crippen LogP contribution >= 0.6 is 11.6 Å². The van der Waals surface area contributed by atoms with Gasteiger partial charge in [0.1, 0.15) is 17.0 Å². The highest BCUT2D eigenvalue weighted by Gasteiger charge is 2.33. The minimum absolute atomic E-state index is 0.112. The van der Waals surface area contributed by atoms with E-state index in [1.54, 1.807) is 10.9 Å². The quantitative estimate of drug-likeness (QED) is 0.878. The van der Waals surface area contributed by atoms with Gasteiger partial charge in [0.15, 0.2) is 0 Å². The molecule has 0 aliphatic carbocycles. The molecule has 0 aromatic carbocycles. The van der Waals surface area contributed by atoms with Crippen LogP contribution in [0.3, 0.4) is 0 Å². The average Bonchev–Trinajstić information content (AvgIpc) is 2.86. The fourth-order valence-corrected chi connectivity index (χ4v) is 2.12. The van der Waals surface area contributed by atoms with E-state index in [9.17, 15) is 18.3 Å². The maximum absolute atomic E-state index is 12.5. The average molecular weight is 320 g/mol. The summed E-state index contributed by atoms with van der Waals surface area (Å²) < 4.78 is 39.2. The third kappa shape index (κ3) is 3.54. The van der Waals surface area contributed by atoms with Crippen LogP contribution in [0.4, 0.5) is 13.2 Å². The number of aliphatic hydroxyl groups is 1. The van der Waals surface area contributed by atoms with Crippen molar-refractivity contribution >= 4 is 11.6 Å². The van der Waals surface area contributed by atoms with E-state index in [1.165, 1.54) is 6.20 Å². The van der Waals surface area contributed by atoms with Crippen molar-refractivity contribution in [2.24, 2.45) is 0 Å². The fraction of sp³-hybridized carbons (Fsp3) is 0.385.